The average molecular weight is 252 g/mol. The number of ether oxygens (including phenoxy) is 1. The second-order valence-electron chi connectivity index (χ2n) is 6.33. The predicted octanol–water partition coefficient (Wildman–Crippen LogP) is 4.21. The highest BCUT2D eigenvalue weighted by Gasteiger charge is 2.24. The van der Waals surface area contributed by atoms with E-state index in [0.717, 1.165) is 11.5 Å². The van der Waals surface area contributed by atoms with Crippen LogP contribution in [0.5, 0.6) is 11.5 Å². The smallest absolute Gasteiger partial charge is 0.242 e. The lowest BCUT2D eigenvalue weighted by atomic mass is 9.86. The first-order valence-corrected chi connectivity index (χ1v) is 9.42. The van der Waals surface area contributed by atoms with E-state index in [0.29, 0.717) is 0 Å². The van der Waals surface area contributed by atoms with Crippen LogP contribution in [0.25, 0.3) is 0 Å². The molecule has 0 aliphatic heterocycles. The van der Waals surface area contributed by atoms with E-state index in [9.17, 15) is 0 Å². The molecule has 1 aromatic rings. The minimum absolute atomic E-state index is 0.0591. The van der Waals surface area contributed by atoms with Gasteiger partial charge in [-0.15, -0.1) is 0 Å². The Morgan fingerprint density at radius 1 is 1.06 bits per heavy atom. The van der Waals surface area contributed by atoms with Crippen molar-refractivity contribution in [3.8, 4) is 11.5 Å². The summed E-state index contributed by atoms with van der Waals surface area (Å²) in [6, 6.07) is 6.07. The first-order chi connectivity index (χ1) is 7.63. The van der Waals surface area contributed by atoms with Crippen molar-refractivity contribution in [2.24, 2.45) is 0 Å². The molecular weight excluding hydrogens is 228 g/mol. The molecule has 0 saturated heterocycles. The van der Waals surface area contributed by atoms with Crippen LogP contribution in [0.2, 0.25) is 19.6 Å². The van der Waals surface area contributed by atoms with Crippen LogP contribution in [-0.2, 0) is 5.41 Å². The first-order valence-electron chi connectivity index (χ1n) is 6.01. The van der Waals surface area contributed by atoms with Crippen molar-refractivity contribution in [2.75, 3.05) is 7.11 Å². The predicted molar refractivity (Wildman–Crippen MR) is 75.7 cm³/mol. The first kappa shape index (κ1) is 14.1. The van der Waals surface area contributed by atoms with Crippen LogP contribution in [0.4, 0.5) is 0 Å². The molecule has 0 N–H and O–H groups in total. The molecule has 0 radical (unpaired) electrons. The molecule has 3 heteroatoms. The van der Waals surface area contributed by atoms with E-state index >= 15 is 0 Å². The van der Waals surface area contributed by atoms with Gasteiger partial charge in [-0.2, -0.15) is 0 Å². The van der Waals surface area contributed by atoms with Gasteiger partial charge in [-0.05, 0) is 43.3 Å². The van der Waals surface area contributed by atoms with Crippen molar-refractivity contribution in [2.45, 2.75) is 45.8 Å². The molecule has 96 valence electrons. The van der Waals surface area contributed by atoms with Crippen LogP contribution in [0.3, 0.4) is 0 Å². The zero-order valence-corrected chi connectivity index (χ0v) is 13.0. The quantitative estimate of drug-likeness (QED) is 0.750. The van der Waals surface area contributed by atoms with E-state index in [1.807, 2.05) is 12.1 Å². The fourth-order valence-corrected chi connectivity index (χ4v) is 2.48. The fourth-order valence-electron chi connectivity index (χ4n) is 1.64. The maximum atomic E-state index is 6.14. The summed E-state index contributed by atoms with van der Waals surface area (Å²) in [7, 11) is 0.119. The Balaban J connectivity index is 3.21. The third-order valence-corrected chi connectivity index (χ3v) is 3.24. The molecule has 0 spiro atoms. The molecule has 0 heterocycles. The van der Waals surface area contributed by atoms with Gasteiger partial charge in [-0.1, -0.05) is 20.8 Å². The average Bonchev–Trinajstić information content (AvgIpc) is 2.14. The van der Waals surface area contributed by atoms with Crippen LogP contribution in [0.15, 0.2) is 18.2 Å². The molecule has 1 aromatic carbocycles. The van der Waals surface area contributed by atoms with Crippen molar-refractivity contribution in [3.63, 3.8) is 0 Å². The Labute approximate surface area is 106 Å². The third kappa shape index (κ3) is 4.08. The van der Waals surface area contributed by atoms with Crippen LogP contribution in [0.1, 0.15) is 26.3 Å². The Bertz CT molecular complexity index is 386. The molecule has 0 saturated carbocycles. The SMILES string of the molecule is COc1ccc(O[Si](C)(C)C)c(C(C)(C)C)c1. The van der Waals surface area contributed by atoms with Gasteiger partial charge in [0.2, 0.25) is 8.32 Å². The molecule has 0 aliphatic carbocycles. The summed E-state index contributed by atoms with van der Waals surface area (Å²) in [4.78, 5) is 0. The van der Waals surface area contributed by atoms with Crippen LogP contribution in [0, 0.1) is 0 Å². The van der Waals surface area contributed by atoms with Crippen molar-refractivity contribution < 1.29 is 9.16 Å². The lowest BCUT2D eigenvalue weighted by Crippen LogP contribution is -2.30. The minimum Gasteiger partial charge on any atom is -0.544 e. The highest BCUT2D eigenvalue weighted by atomic mass is 28.4. The van der Waals surface area contributed by atoms with E-state index in [-0.39, 0.29) is 5.41 Å². The van der Waals surface area contributed by atoms with Crippen LogP contribution < -0.4 is 9.16 Å². The molecule has 0 amide bonds. The summed E-state index contributed by atoms with van der Waals surface area (Å²) < 4.78 is 11.4. The van der Waals surface area contributed by atoms with Gasteiger partial charge in [-0.3, -0.25) is 0 Å². The summed E-state index contributed by atoms with van der Waals surface area (Å²) >= 11 is 0. The van der Waals surface area contributed by atoms with Crippen molar-refractivity contribution in [1.82, 2.24) is 0 Å². The Morgan fingerprint density at radius 3 is 2.06 bits per heavy atom. The van der Waals surface area contributed by atoms with E-state index < -0.39 is 8.32 Å². The second kappa shape index (κ2) is 4.73. The third-order valence-electron chi connectivity index (χ3n) is 2.41. The van der Waals surface area contributed by atoms with Crippen LogP contribution >= 0.6 is 0 Å². The largest absolute Gasteiger partial charge is 0.544 e. The zero-order chi connectivity index (χ0) is 13.3. The van der Waals surface area contributed by atoms with Crippen molar-refractivity contribution >= 4 is 8.32 Å². The number of hydrogen-bond acceptors (Lipinski definition) is 2. The Kier molecular flexibility index (Phi) is 3.92. The normalized spacial score (nSPS) is 12.4. The molecule has 0 aliphatic rings. The molecule has 0 atom stereocenters. The number of rotatable bonds is 3. The molecular formula is C14H24O2Si. The Morgan fingerprint density at radius 2 is 1.65 bits per heavy atom. The fraction of sp³-hybridized carbons (Fsp3) is 0.571. The second-order valence-corrected chi connectivity index (χ2v) is 10.8. The molecule has 1 rings (SSSR count). The zero-order valence-electron chi connectivity index (χ0n) is 12.0. The van der Waals surface area contributed by atoms with Gasteiger partial charge in [0.1, 0.15) is 11.5 Å². The van der Waals surface area contributed by atoms with Crippen molar-refractivity contribution in [3.05, 3.63) is 23.8 Å². The summed E-state index contributed by atoms with van der Waals surface area (Å²) in [6.07, 6.45) is 0. The molecule has 0 unspecified atom stereocenters. The number of methoxy groups -OCH3 is 1. The topological polar surface area (TPSA) is 18.5 Å². The summed E-state index contributed by atoms with van der Waals surface area (Å²) in [5, 5.41) is 0. The van der Waals surface area contributed by atoms with Gasteiger partial charge < -0.3 is 9.16 Å². The minimum atomic E-state index is -1.58. The van der Waals surface area contributed by atoms with Crippen LogP contribution in [-0.4, -0.2) is 15.4 Å². The van der Waals surface area contributed by atoms with Gasteiger partial charge in [0, 0.05) is 5.56 Å². The summed E-state index contributed by atoms with van der Waals surface area (Å²) in [5.41, 5.74) is 1.27. The molecule has 0 aromatic heterocycles. The van der Waals surface area contributed by atoms with E-state index in [2.05, 4.69) is 46.5 Å². The highest BCUT2D eigenvalue weighted by molar-refractivity contribution is 6.70. The number of hydrogen-bond donors (Lipinski definition) is 0. The molecule has 0 fully saturated rings. The van der Waals surface area contributed by atoms with Crippen molar-refractivity contribution in [1.29, 1.82) is 0 Å². The Hall–Kier alpha value is -0.963. The van der Waals surface area contributed by atoms with Gasteiger partial charge in [0.15, 0.2) is 0 Å². The van der Waals surface area contributed by atoms with Gasteiger partial charge in [0.05, 0.1) is 7.11 Å². The summed E-state index contributed by atoms with van der Waals surface area (Å²) in [5.74, 6) is 1.88. The lowest BCUT2D eigenvalue weighted by Gasteiger charge is -2.27. The molecule has 0 bridgehead atoms. The van der Waals surface area contributed by atoms with Gasteiger partial charge >= 0.3 is 0 Å². The van der Waals surface area contributed by atoms with E-state index in [1.54, 1.807) is 7.11 Å². The standard InChI is InChI=1S/C14H24O2Si/c1-14(2,3)12-10-11(15-4)8-9-13(12)16-17(5,6)7/h8-10H,1-7H3. The van der Waals surface area contributed by atoms with E-state index in [1.165, 1.54) is 5.56 Å². The van der Waals surface area contributed by atoms with Gasteiger partial charge in [-0.25, -0.2) is 0 Å². The maximum absolute atomic E-state index is 6.14. The van der Waals surface area contributed by atoms with Gasteiger partial charge in [0.25, 0.3) is 0 Å². The summed E-state index contributed by atoms with van der Waals surface area (Å²) in [6.45, 7) is 13.2. The van der Waals surface area contributed by atoms with E-state index in [4.69, 9.17) is 9.16 Å². The lowest BCUT2D eigenvalue weighted by molar-refractivity contribution is 0.410. The number of benzene rings is 1. The highest BCUT2D eigenvalue weighted by Crippen LogP contribution is 2.35. The monoisotopic (exact) mass is 252 g/mol. The maximum Gasteiger partial charge on any atom is 0.242 e. The molecule has 2 nitrogen and oxygen atoms in total. The molecule has 17 heavy (non-hydrogen) atoms.